The number of rotatable bonds is 10. The highest BCUT2D eigenvalue weighted by Gasteiger charge is 2.04. The van der Waals surface area contributed by atoms with Gasteiger partial charge in [0.25, 0.3) is 0 Å². The molecule has 0 saturated carbocycles. The molecule has 0 aliphatic carbocycles. The summed E-state index contributed by atoms with van der Waals surface area (Å²) in [5, 5.41) is 0.707. The lowest BCUT2D eigenvalue weighted by Gasteiger charge is -2.11. The molecule has 0 amide bonds. The van der Waals surface area contributed by atoms with E-state index in [1.807, 2.05) is 18.2 Å². The van der Waals surface area contributed by atoms with E-state index in [4.69, 9.17) is 31.5 Å². The van der Waals surface area contributed by atoms with Crippen LogP contribution in [0.4, 0.5) is 0 Å². The summed E-state index contributed by atoms with van der Waals surface area (Å²) in [5.41, 5.74) is 6.62. The third-order valence-corrected chi connectivity index (χ3v) is 2.79. The summed E-state index contributed by atoms with van der Waals surface area (Å²) >= 11 is 5.96. The third-order valence-electron chi connectivity index (χ3n) is 2.56. The molecular weight excluding hydrogens is 266 g/mol. The van der Waals surface area contributed by atoms with Crippen LogP contribution in [0, 0.1) is 0 Å². The maximum absolute atomic E-state index is 5.96. The van der Waals surface area contributed by atoms with E-state index in [0.29, 0.717) is 38.0 Å². The van der Waals surface area contributed by atoms with Crippen molar-refractivity contribution in [2.45, 2.75) is 12.8 Å². The molecule has 0 unspecified atom stereocenters. The van der Waals surface area contributed by atoms with Crippen LogP contribution in [-0.4, -0.2) is 40.1 Å². The minimum absolute atomic E-state index is 0.580. The molecule has 0 aliphatic heterocycles. The first-order chi connectivity index (χ1) is 9.27. The molecule has 0 heterocycles. The number of benzene rings is 1. The van der Waals surface area contributed by atoms with E-state index in [0.717, 1.165) is 24.2 Å². The molecule has 0 spiro atoms. The highest BCUT2D eigenvalue weighted by molar-refractivity contribution is 6.30. The van der Waals surface area contributed by atoms with Gasteiger partial charge in [-0.25, -0.2) is 0 Å². The Morgan fingerprint density at radius 3 is 2.74 bits per heavy atom. The summed E-state index contributed by atoms with van der Waals surface area (Å²) in [4.78, 5) is 0. The Kier molecular flexibility index (Phi) is 8.58. The summed E-state index contributed by atoms with van der Waals surface area (Å²) in [6.07, 6.45) is 1.61. The van der Waals surface area contributed by atoms with Crippen LogP contribution < -0.4 is 10.5 Å². The molecule has 4 nitrogen and oxygen atoms in total. The lowest BCUT2D eigenvalue weighted by molar-refractivity contribution is 0.0644. The van der Waals surface area contributed by atoms with Gasteiger partial charge in [-0.15, -0.1) is 0 Å². The minimum atomic E-state index is 0.580. The number of ether oxygens (including phenoxy) is 3. The van der Waals surface area contributed by atoms with Crippen molar-refractivity contribution in [1.82, 2.24) is 0 Å². The first kappa shape index (κ1) is 16.2. The van der Waals surface area contributed by atoms with Crippen molar-refractivity contribution in [1.29, 1.82) is 0 Å². The number of hydrogen-bond acceptors (Lipinski definition) is 4. The van der Waals surface area contributed by atoms with Gasteiger partial charge in [-0.05, 0) is 36.7 Å². The largest absolute Gasteiger partial charge is 0.493 e. The second-order valence-corrected chi connectivity index (χ2v) is 4.53. The average Bonchev–Trinajstić information content (AvgIpc) is 2.40. The number of hydrogen-bond donors (Lipinski definition) is 1. The van der Waals surface area contributed by atoms with Crippen molar-refractivity contribution in [2.24, 2.45) is 5.73 Å². The molecule has 0 bridgehead atoms. The molecule has 108 valence electrons. The Balaban J connectivity index is 2.28. The number of nitrogens with two attached hydrogens (primary N) is 1. The Bertz CT molecular complexity index is 361. The topological polar surface area (TPSA) is 53.7 Å². The van der Waals surface area contributed by atoms with Crippen LogP contribution in [0.1, 0.15) is 12.0 Å². The molecule has 5 heteroatoms. The second kappa shape index (κ2) is 10.0. The standard InChI is InChI=1S/C14H22ClNO3/c1-17-9-10-18-7-2-8-19-14-4-3-13(15)11-12(14)5-6-16/h3-4,11H,2,5-10,16H2,1H3. The first-order valence-electron chi connectivity index (χ1n) is 6.46. The van der Waals surface area contributed by atoms with Gasteiger partial charge >= 0.3 is 0 Å². The van der Waals surface area contributed by atoms with E-state index in [1.165, 1.54) is 0 Å². The zero-order valence-corrected chi connectivity index (χ0v) is 12.1. The van der Waals surface area contributed by atoms with Crippen LogP contribution in [-0.2, 0) is 15.9 Å². The Morgan fingerprint density at radius 2 is 2.00 bits per heavy atom. The summed E-state index contributed by atoms with van der Waals surface area (Å²) < 4.78 is 16.0. The normalized spacial score (nSPS) is 10.7. The summed E-state index contributed by atoms with van der Waals surface area (Å²) in [7, 11) is 1.66. The molecule has 0 aliphatic rings. The van der Waals surface area contributed by atoms with Crippen LogP contribution in [0.5, 0.6) is 5.75 Å². The SMILES string of the molecule is COCCOCCCOc1ccc(Cl)cc1CCN. The highest BCUT2D eigenvalue weighted by atomic mass is 35.5. The van der Waals surface area contributed by atoms with Gasteiger partial charge in [0, 0.05) is 25.2 Å². The zero-order chi connectivity index (χ0) is 13.9. The van der Waals surface area contributed by atoms with Gasteiger partial charge in [-0.1, -0.05) is 11.6 Å². The zero-order valence-electron chi connectivity index (χ0n) is 11.4. The third kappa shape index (κ3) is 6.78. The predicted molar refractivity (Wildman–Crippen MR) is 77.0 cm³/mol. The summed E-state index contributed by atoms with van der Waals surface area (Å²) in [6.45, 7) is 3.11. The van der Waals surface area contributed by atoms with Crippen LogP contribution in [0.3, 0.4) is 0 Å². The van der Waals surface area contributed by atoms with E-state index >= 15 is 0 Å². The fourth-order valence-electron chi connectivity index (χ4n) is 1.63. The molecule has 19 heavy (non-hydrogen) atoms. The molecule has 0 atom stereocenters. The molecule has 1 aromatic rings. The van der Waals surface area contributed by atoms with Crippen molar-refractivity contribution in [2.75, 3.05) is 40.1 Å². The highest BCUT2D eigenvalue weighted by Crippen LogP contribution is 2.23. The second-order valence-electron chi connectivity index (χ2n) is 4.10. The Hall–Kier alpha value is -0.810. The Labute approximate surface area is 119 Å². The first-order valence-corrected chi connectivity index (χ1v) is 6.83. The van der Waals surface area contributed by atoms with Crippen molar-refractivity contribution < 1.29 is 14.2 Å². The van der Waals surface area contributed by atoms with E-state index in [9.17, 15) is 0 Å². The molecule has 1 rings (SSSR count). The van der Waals surface area contributed by atoms with E-state index in [-0.39, 0.29) is 0 Å². The van der Waals surface area contributed by atoms with Gasteiger partial charge in [-0.3, -0.25) is 0 Å². The summed E-state index contributed by atoms with van der Waals surface area (Å²) in [6, 6.07) is 5.62. The minimum Gasteiger partial charge on any atom is -0.493 e. The van der Waals surface area contributed by atoms with Crippen LogP contribution in [0.25, 0.3) is 0 Å². The molecule has 0 aromatic heterocycles. The van der Waals surface area contributed by atoms with Crippen LogP contribution >= 0.6 is 11.6 Å². The molecular formula is C14H22ClNO3. The maximum atomic E-state index is 5.96. The van der Waals surface area contributed by atoms with Gasteiger partial charge < -0.3 is 19.9 Å². The number of methoxy groups -OCH3 is 1. The van der Waals surface area contributed by atoms with Crippen molar-refractivity contribution >= 4 is 11.6 Å². The average molecular weight is 288 g/mol. The molecule has 1 aromatic carbocycles. The molecule has 0 fully saturated rings. The lowest BCUT2D eigenvalue weighted by atomic mass is 10.1. The van der Waals surface area contributed by atoms with E-state index in [2.05, 4.69) is 0 Å². The smallest absolute Gasteiger partial charge is 0.122 e. The van der Waals surface area contributed by atoms with Gasteiger partial charge in [0.05, 0.1) is 19.8 Å². The van der Waals surface area contributed by atoms with Gasteiger partial charge in [-0.2, -0.15) is 0 Å². The lowest BCUT2D eigenvalue weighted by Crippen LogP contribution is -2.09. The van der Waals surface area contributed by atoms with E-state index < -0.39 is 0 Å². The predicted octanol–water partition coefficient (Wildman–Crippen LogP) is 2.27. The maximum Gasteiger partial charge on any atom is 0.122 e. The van der Waals surface area contributed by atoms with Crippen LogP contribution in [0.2, 0.25) is 5.02 Å². The van der Waals surface area contributed by atoms with Gasteiger partial charge in [0.2, 0.25) is 0 Å². The quantitative estimate of drug-likeness (QED) is 0.671. The van der Waals surface area contributed by atoms with Gasteiger partial charge in [0.1, 0.15) is 5.75 Å². The van der Waals surface area contributed by atoms with Crippen LogP contribution in [0.15, 0.2) is 18.2 Å². The molecule has 0 saturated heterocycles. The molecule has 2 N–H and O–H groups in total. The number of halogens is 1. The van der Waals surface area contributed by atoms with Crippen molar-refractivity contribution in [3.63, 3.8) is 0 Å². The monoisotopic (exact) mass is 287 g/mol. The van der Waals surface area contributed by atoms with E-state index in [1.54, 1.807) is 7.11 Å². The van der Waals surface area contributed by atoms with Crippen molar-refractivity contribution in [3.05, 3.63) is 28.8 Å². The van der Waals surface area contributed by atoms with Gasteiger partial charge in [0.15, 0.2) is 0 Å². The fourth-order valence-corrected chi connectivity index (χ4v) is 1.82. The van der Waals surface area contributed by atoms with Crippen molar-refractivity contribution in [3.8, 4) is 5.75 Å². The Morgan fingerprint density at radius 1 is 1.16 bits per heavy atom. The molecule has 0 radical (unpaired) electrons. The summed E-state index contributed by atoms with van der Waals surface area (Å²) in [5.74, 6) is 0.853. The fraction of sp³-hybridized carbons (Fsp3) is 0.571.